The summed E-state index contributed by atoms with van der Waals surface area (Å²) in [6.07, 6.45) is 3.79. The molecule has 4 rings (SSSR count). The van der Waals surface area contributed by atoms with Crippen LogP contribution in [0.2, 0.25) is 0 Å². The number of nitrogens with zero attached hydrogens (tertiary/aromatic N) is 4. The maximum atomic E-state index is 13.5. The summed E-state index contributed by atoms with van der Waals surface area (Å²) >= 11 is 0. The second-order valence-corrected chi connectivity index (χ2v) is 9.96. The van der Waals surface area contributed by atoms with Gasteiger partial charge in [0.1, 0.15) is 0 Å². The number of carbonyl (C=O) groups is 1. The average molecular weight is 457 g/mol. The van der Waals surface area contributed by atoms with E-state index in [2.05, 4.69) is 10.4 Å². The number of sulfonamides is 1. The largest absolute Gasteiger partial charge is 0.322 e. The van der Waals surface area contributed by atoms with Crippen molar-refractivity contribution < 1.29 is 26.4 Å². The fourth-order valence-corrected chi connectivity index (χ4v) is 5.16. The van der Waals surface area contributed by atoms with Gasteiger partial charge in [0.05, 0.1) is 42.0 Å². The van der Waals surface area contributed by atoms with E-state index in [9.17, 15) is 26.4 Å². The Balaban J connectivity index is 1.66. The third-order valence-corrected chi connectivity index (χ3v) is 7.73. The number of carbonyl (C=O) groups excluding carboxylic acids is 1. The van der Waals surface area contributed by atoms with Gasteiger partial charge in [-0.05, 0) is 26.2 Å². The molecule has 2 heterocycles. The first-order valence-electron chi connectivity index (χ1n) is 9.89. The lowest BCUT2D eigenvalue weighted by Gasteiger charge is -2.39. The Bertz CT molecular complexity index is 1110. The van der Waals surface area contributed by atoms with Crippen molar-refractivity contribution in [3.63, 3.8) is 0 Å². The molecule has 12 heteroatoms. The van der Waals surface area contributed by atoms with Crippen molar-refractivity contribution in [1.82, 2.24) is 14.7 Å². The van der Waals surface area contributed by atoms with Gasteiger partial charge in [0.15, 0.2) is 17.5 Å². The molecule has 1 aromatic heterocycles. The minimum atomic E-state index is -3.53. The van der Waals surface area contributed by atoms with E-state index in [1.54, 1.807) is 4.68 Å². The highest BCUT2D eigenvalue weighted by molar-refractivity contribution is 7.92. The Kier molecular flexibility index (Phi) is 5.36. The lowest BCUT2D eigenvalue weighted by Crippen LogP contribution is -2.49. The molecule has 1 fully saturated rings. The molecular weight excluding hydrogens is 435 g/mol. The number of urea groups is 1. The molecule has 2 aliphatic rings. The monoisotopic (exact) mass is 457 g/mol. The van der Waals surface area contributed by atoms with Crippen LogP contribution in [0, 0.1) is 17.5 Å². The third-order valence-electron chi connectivity index (χ3n) is 5.97. The average Bonchev–Trinajstić information content (AvgIpc) is 3.37. The maximum absolute atomic E-state index is 13.5. The summed E-state index contributed by atoms with van der Waals surface area (Å²) in [7, 11) is -2.10. The van der Waals surface area contributed by atoms with Crippen LogP contribution in [-0.2, 0) is 16.6 Å². The molecule has 0 spiro atoms. The summed E-state index contributed by atoms with van der Waals surface area (Å²) in [6, 6.07) is 0.473. The third kappa shape index (κ3) is 3.62. The summed E-state index contributed by atoms with van der Waals surface area (Å²) < 4.78 is 67.9. The molecule has 168 valence electrons. The summed E-state index contributed by atoms with van der Waals surface area (Å²) in [4.78, 5) is 14.5. The van der Waals surface area contributed by atoms with Gasteiger partial charge in [-0.3, -0.25) is 8.99 Å². The van der Waals surface area contributed by atoms with Crippen molar-refractivity contribution in [3.8, 4) is 0 Å². The van der Waals surface area contributed by atoms with Gasteiger partial charge >= 0.3 is 6.03 Å². The number of anilines is 2. The van der Waals surface area contributed by atoms with E-state index < -0.39 is 33.5 Å². The summed E-state index contributed by atoms with van der Waals surface area (Å²) in [5, 5.41) is 6.82. The molecule has 1 aromatic carbocycles. The van der Waals surface area contributed by atoms with Gasteiger partial charge in [0.25, 0.3) is 0 Å². The van der Waals surface area contributed by atoms with Crippen LogP contribution in [0.15, 0.2) is 18.3 Å². The molecule has 31 heavy (non-hydrogen) atoms. The highest BCUT2D eigenvalue weighted by atomic mass is 32.2. The lowest BCUT2D eigenvalue weighted by atomic mass is 10.1. The van der Waals surface area contributed by atoms with Crippen LogP contribution in [0.5, 0.6) is 0 Å². The Morgan fingerprint density at radius 3 is 2.52 bits per heavy atom. The number of aromatic nitrogens is 2. The highest BCUT2D eigenvalue weighted by Crippen LogP contribution is 2.41. The molecule has 8 nitrogen and oxygen atoms in total. The summed E-state index contributed by atoms with van der Waals surface area (Å²) in [5.41, 5.74) is 0.735. The molecule has 2 amide bonds. The first-order valence-corrected chi connectivity index (χ1v) is 11.5. The molecule has 0 radical (unpaired) electrons. The van der Waals surface area contributed by atoms with Crippen LogP contribution in [0.25, 0.3) is 0 Å². The van der Waals surface area contributed by atoms with Crippen LogP contribution in [-0.4, -0.2) is 48.0 Å². The molecule has 0 bridgehead atoms. The van der Waals surface area contributed by atoms with Crippen LogP contribution >= 0.6 is 0 Å². The molecule has 1 aliphatic heterocycles. The number of hydrogen-bond acceptors (Lipinski definition) is 4. The number of rotatable bonds is 4. The number of halogens is 3. The van der Waals surface area contributed by atoms with Gasteiger partial charge in [-0.2, -0.15) is 5.10 Å². The molecular formula is C19H22F3N5O3S. The molecule has 1 N–H and O–H groups in total. The lowest BCUT2D eigenvalue weighted by molar-refractivity contribution is 0.139. The fraction of sp³-hybridized carbons (Fsp3) is 0.474. The Hall–Kier alpha value is -2.76. The van der Waals surface area contributed by atoms with Crippen molar-refractivity contribution in [1.29, 1.82) is 0 Å². The summed E-state index contributed by atoms with van der Waals surface area (Å²) in [5.74, 6) is -4.51. The Morgan fingerprint density at radius 2 is 1.87 bits per heavy atom. The van der Waals surface area contributed by atoms with Crippen molar-refractivity contribution >= 4 is 27.4 Å². The zero-order valence-electron chi connectivity index (χ0n) is 17.0. The Morgan fingerprint density at radius 1 is 1.23 bits per heavy atom. The first-order chi connectivity index (χ1) is 14.6. The minimum absolute atomic E-state index is 0.0675. The van der Waals surface area contributed by atoms with E-state index in [0.717, 1.165) is 17.1 Å². The maximum Gasteiger partial charge on any atom is 0.322 e. The van der Waals surface area contributed by atoms with Crippen LogP contribution < -0.4 is 9.62 Å². The number of nitrogens with one attached hydrogen (secondary N) is 1. The smallest absolute Gasteiger partial charge is 0.313 e. The number of benzene rings is 1. The van der Waals surface area contributed by atoms with Gasteiger partial charge in [0.2, 0.25) is 10.0 Å². The van der Waals surface area contributed by atoms with Gasteiger partial charge in [-0.15, -0.1) is 0 Å². The van der Waals surface area contributed by atoms with E-state index in [1.165, 1.54) is 25.1 Å². The number of amides is 2. The van der Waals surface area contributed by atoms with Gasteiger partial charge in [0, 0.05) is 24.9 Å². The zero-order valence-corrected chi connectivity index (χ0v) is 17.8. The molecule has 2 atom stereocenters. The van der Waals surface area contributed by atoms with Crippen molar-refractivity contribution in [2.75, 3.05) is 22.4 Å². The second kappa shape index (κ2) is 7.74. The van der Waals surface area contributed by atoms with Gasteiger partial charge < -0.3 is 10.2 Å². The van der Waals surface area contributed by atoms with E-state index in [4.69, 9.17) is 0 Å². The minimum Gasteiger partial charge on any atom is -0.313 e. The van der Waals surface area contributed by atoms with Crippen LogP contribution in [0.3, 0.4) is 0 Å². The van der Waals surface area contributed by atoms with Crippen LogP contribution in [0.4, 0.5) is 29.3 Å². The van der Waals surface area contributed by atoms with Crippen molar-refractivity contribution in [2.24, 2.45) is 0 Å². The standard InChI is InChI=1S/C19H22F3N5O3S/c1-3-31(29,30)25(2)16-9-23-27-15-6-4-5-14(15)26(10-17(16)27)19(28)24-11-7-12(20)18(22)13(21)8-11/h7-9,14-15H,3-6,10H2,1-2H3,(H,24,28)/t14-,15+/m0/s1. The molecule has 0 saturated heterocycles. The number of hydrogen-bond donors (Lipinski definition) is 1. The van der Waals surface area contributed by atoms with E-state index in [0.29, 0.717) is 29.9 Å². The topological polar surface area (TPSA) is 87.5 Å². The highest BCUT2D eigenvalue weighted by Gasteiger charge is 2.43. The number of fused-ring (bicyclic) bond motifs is 3. The van der Waals surface area contributed by atoms with E-state index in [-0.39, 0.29) is 30.1 Å². The SMILES string of the molecule is CCS(=O)(=O)N(C)c1cnn2c1CN(C(=O)Nc1cc(F)c(F)c(F)c1)[C@H]1CCC[C@H]12. The predicted molar refractivity (Wildman–Crippen MR) is 108 cm³/mol. The first kappa shape index (κ1) is 21.5. The quantitative estimate of drug-likeness (QED) is 0.715. The molecule has 0 unspecified atom stereocenters. The van der Waals surface area contributed by atoms with E-state index in [1.807, 2.05) is 0 Å². The molecule has 1 saturated carbocycles. The fourth-order valence-electron chi connectivity index (χ4n) is 4.32. The van der Waals surface area contributed by atoms with Crippen molar-refractivity contribution in [3.05, 3.63) is 41.5 Å². The van der Waals surface area contributed by atoms with Crippen molar-refractivity contribution in [2.45, 2.75) is 44.8 Å². The normalized spacial score (nSPS) is 20.4. The molecule has 2 aromatic rings. The van der Waals surface area contributed by atoms with Crippen LogP contribution in [0.1, 0.15) is 37.9 Å². The van der Waals surface area contributed by atoms with Gasteiger partial charge in [-0.1, -0.05) is 0 Å². The predicted octanol–water partition coefficient (Wildman–Crippen LogP) is 3.23. The van der Waals surface area contributed by atoms with Gasteiger partial charge in [-0.25, -0.2) is 26.4 Å². The second-order valence-electron chi connectivity index (χ2n) is 7.67. The molecule has 1 aliphatic carbocycles. The Labute approximate surface area is 177 Å². The summed E-state index contributed by atoms with van der Waals surface area (Å²) in [6.45, 7) is 1.60. The zero-order chi connectivity index (χ0) is 22.5. The van der Waals surface area contributed by atoms with E-state index >= 15 is 0 Å².